The molecule has 1 fully saturated rings. The standard InChI is InChI=1S/C9H12N2O2/c1-12-8-7(6-3-4-6)9(13-2)11-5-10-8/h5-6H,3-4H2,1-2H3. The topological polar surface area (TPSA) is 44.2 Å². The molecule has 1 aromatic heterocycles. The zero-order valence-electron chi connectivity index (χ0n) is 7.78. The van der Waals surface area contributed by atoms with Gasteiger partial charge in [0.05, 0.1) is 19.8 Å². The number of hydrogen-bond acceptors (Lipinski definition) is 4. The van der Waals surface area contributed by atoms with E-state index >= 15 is 0 Å². The van der Waals surface area contributed by atoms with Crippen LogP contribution >= 0.6 is 0 Å². The monoisotopic (exact) mass is 180 g/mol. The first-order valence-corrected chi connectivity index (χ1v) is 4.29. The Hall–Kier alpha value is -1.32. The van der Waals surface area contributed by atoms with Crippen LogP contribution in [0.2, 0.25) is 0 Å². The molecule has 70 valence electrons. The normalized spacial score (nSPS) is 15.5. The van der Waals surface area contributed by atoms with Gasteiger partial charge in [0, 0.05) is 0 Å². The van der Waals surface area contributed by atoms with Crippen LogP contribution in [0.15, 0.2) is 6.33 Å². The molecule has 0 bridgehead atoms. The smallest absolute Gasteiger partial charge is 0.223 e. The van der Waals surface area contributed by atoms with Gasteiger partial charge < -0.3 is 9.47 Å². The van der Waals surface area contributed by atoms with Crippen molar-refractivity contribution in [2.45, 2.75) is 18.8 Å². The first-order chi connectivity index (χ1) is 6.36. The van der Waals surface area contributed by atoms with Gasteiger partial charge in [-0.05, 0) is 18.8 Å². The van der Waals surface area contributed by atoms with Gasteiger partial charge in [-0.15, -0.1) is 0 Å². The summed E-state index contributed by atoms with van der Waals surface area (Å²) in [5.74, 6) is 1.83. The Morgan fingerprint density at radius 3 is 2.08 bits per heavy atom. The van der Waals surface area contributed by atoms with Crippen molar-refractivity contribution in [2.75, 3.05) is 14.2 Å². The zero-order valence-corrected chi connectivity index (χ0v) is 7.78. The Balaban J connectivity index is 2.44. The van der Waals surface area contributed by atoms with Gasteiger partial charge in [0.25, 0.3) is 0 Å². The molecule has 4 heteroatoms. The summed E-state index contributed by atoms with van der Waals surface area (Å²) in [5.41, 5.74) is 1.02. The van der Waals surface area contributed by atoms with Gasteiger partial charge in [-0.2, -0.15) is 0 Å². The van der Waals surface area contributed by atoms with Crippen molar-refractivity contribution < 1.29 is 9.47 Å². The maximum atomic E-state index is 5.16. The van der Waals surface area contributed by atoms with E-state index in [0.29, 0.717) is 17.7 Å². The molecule has 0 unspecified atom stereocenters. The van der Waals surface area contributed by atoms with Crippen LogP contribution in [-0.4, -0.2) is 24.2 Å². The predicted molar refractivity (Wildman–Crippen MR) is 47.1 cm³/mol. The van der Waals surface area contributed by atoms with E-state index in [2.05, 4.69) is 9.97 Å². The third-order valence-corrected chi connectivity index (χ3v) is 2.18. The maximum absolute atomic E-state index is 5.16. The van der Waals surface area contributed by atoms with Crippen molar-refractivity contribution >= 4 is 0 Å². The lowest BCUT2D eigenvalue weighted by atomic mass is 10.2. The van der Waals surface area contributed by atoms with Crippen molar-refractivity contribution in [3.8, 4) is 11.8 Å². The average molecular weight is 180 g/mol. The van der Waals surface area contributed by atoms with Gasteiger partial charge in [0.2, 0.25) is 11.8 Å². The SMILES string of the molecule is COc1ncnc(OC)c1C1CC1. The van der Waals surface area contributed by atoms with Crippen LogP contribution in [0.1, 0.15) is 24.3 Å². The van der Waals surface area contributed by atoms with E-state index in [1.165, 1.54) is 19.2 Å². The van der Waals surface area contributed by atoms with E-state index in [0.717, 1.165) is 5.56 Å². The maximum Gasteiger partial charge on any atom is 0.223 e. The molecule has 1 heterocycles. The van der Waals surface area contributed by atoms with Crippen LogP contribution in [0.25, 0.3) is 0 Å². The first kappa shape index (κ1) is 8.29. The molecular weight excluding hydrogens is 168 g/mol. The fourth-order valence-corrected chi connectivity index (χ4v) is 1.41. The Kier molecular flexibility index (Phi) is 2.04. The van der Waals surface area contributed by atoms with E-state index in [4.69, 9.17) is 9.47 Å². The number of rotatable bonds is 3. The summed E-state index contributed by atoms with van der Waals surface area (Å²) >= 11 is 0. The van der Waals surface area contributed by atoms with Crippen LogP contribution in [-0.2, 0) is 0 Å². The molecule has 0 atom stereocenters. The number of ether oxygens (including phenoxy) is 2. The molecule has 0 N–H and O–H groups in total. The fourth-order valence-electron chi connectivity index (χ4n) is 1.41. The van der Waals surface area contributed by atoms with Crippen LogP contribution in [0, 0.1) is 0 Å². The minimum atomic E-state index is 0.533. The van der Waals surface area contributed by atoms with Gasteiger partial charge >= 0.3 is 0 Å². The molecule has 0 saturated heterocycles. The highest BCUT2D eigenvalue weighted by Gasteiger charge is 2.31. The van der Waals surface area contributed by atoms with Gasteiger partial charge in [0.15, 0.2) is 0 Å². The second-order valence-corrected chi connectivity index (χ2v) is 3.08. The van der Waals surface area contributed by atoms with Gasteiger partial charge in [-0.3, -0.25) is 0 Å². The van der Waals surface area contributed by atoms with Crippen molar-refractivity contribution in [1.29, 1.82) is 0 Å². The molecule has 4 nitrogen and oxygen atoms in total. The Labute approximate surface area is 76.9 Å². The highest BCUT2D eigenvalue weighted by molar-refractivity contribution is 5.40. The summed E-state index contributed by atoms with van der Waals surface area (Å²) in [6.07, 6.45) is 3.82. The Morgan fingerprint density at radius 2 is 1.69 bits per heavy atom. The second kappa shape index (κ2) is 3.20. The quantitative estimate of drug-likeness (QED) is 0.704. The van der Waals surface area contributed by atoms with Crippen LogP contribution in [0.3, 0.4) is 0 Å². The fraction of sp³-hybridized carbons (Fsp3) is 0.556. The van der Waals surface area contributed by atoms with Gasteiger partial charge in [0.1, 0.15) is 6.33 Å². The number of methoxy groups -OCH3 is 2. The van der Waals surface area contributed by atoms with Crippen molar-refractivity contribution in [3.05, 3.63) is 11.9 Å². The predicted octanol–water partition coefficient (Wildman–Crippen LogP) is 1.37. The molecule has 1 aliphatic carbocycles. The van der Waals surface area contributed by atoms with E-state index < -0.39 is 0 Å². The van der Waals surface area contributed by atoms with Crippen LogP contribution < -0.4 is 9.47 Å². The van der Waals surface area contributed by atoms with Crippen molar-refractivity contribution in [3.63, 3.8) is 0 Å². The number of hydrogen-bond donors (Lipinski definition) is 0. The lowest BCUT2D eigenvalue weighted by Gasteiger charge is -2.08. The summed E-state index contributed by atoms with van der Waals surface area (Å²) < 4.78 is 10.3. The van der Waals surface area contributed by atoms with Crippen molar-refractivity contribution in [2.24, 2.45) is 0 Å². The largest absolute Gasteiger partial charge is 0.481 e. The zero-order chi connectivity index (χ0) is 9.26. The van der Waals surface area contributed by atoms with Gasteiger partial charge in [-0.1, -0.05) is 0 Å². The molecule has 0 radical (unpaired) electrons. The summed E-state index contributed by atoms with van der Waals surface area (Å²) in [6.45, 7) is 0. The molecule has 1 aliphatic rings. The summed E-state index contributed by atoms with van der Waals surface area (Å²) in [4.78, 5) is 8.11. The van der Waals surface area contributed by atoms with Crippen LogP contribution in [0.4, 0.5) is 0 Å². The van der Waals surface area contributed by atoms with E-state index in [1.807, 2.05) is 0 Å². The van der Waals surface area contributed by atoms with E-state index in [9.17, 15) is 0 Å². The minimum Gasteiger partial charge on any atom is -0.481 e. The summed E-state index contributed by atoms with van der Waals surface area (Å²) in [7, 11) is 3.24. The van der Waals surface area contributed by atoms with Crippen LogP contribution in [0.5, 0.6) is 11.8 Å². The third kappa shape index (κ3) is 1.43. The lowest BCUT2D eigenvalue weighted by molar-refractivity contribution is 0.362. The number of aromatic nitrogens is 2. The molecule has 0 aliphatic heterocycles. The summed E-state index contributed by atoms with van der Waals surface area (Å²) in [5, 5.41) is 0. The Morgan fingerprint density at radius 1 is 1.15 bits per heavy atom. The molecule has 1 saturated carbocycles. The van der Waals surface area contributed by atoms with E-state index in [1.54, 1.807) is 14.2 Å². The summed E-state index contributed by atoms with van der Waals surface area (Å²) in [6, 6.07) is 0. The molecule has 2 rings (SSSR count). The Bertz CT molecular complexity index is 288. The molecule has 13 heavy (non-hydrogen) atoms. The number of nitrogens with zero attached hydrogens (tertiary/aromatic N) is 2. The molecule has 0 aromatic carbocycles. The average Bonchev–Trinajstić information content (AvgIpc) is 3.00. The van der Waals surface area contributed by atoms with Crippen molar-refractivity contribution in [1.82, 2.24) is 9.97 Å². The second-order valence-electron chi connectivity index (χ2n) is 3.08. The molecule has 0 spiro atoms. The minimum absolute atomic E-state index is 0.533. The van der Waals surface area contributed by atoms with E-state index in [-0.39, 0.29) is 0 Å². The highest BCUT2D eigenvalue weighted by Crippen LogP contribution is 2.46. The molecular formula is C9H12N2O2. The third-order valence-electron chi connectivity index (χ3n) is 2.18. The molecule has 1 aromatic rings. The highest BCUT2D eigenvalue weighted by atomic mass is 16.5. The molecule has 0 amide bonds. The lowest BCUT2D eigenvalue weighted by Crippen LogP contribution is -1.99. The van der Waals surface area contributed by atoms with Gasteiger partial charge in [-0.25, -0.2) is 9.97 Å². The first-order valence-electron chi connectivity index (χ1n) is 4.29.